The number of piperazine rings is 1. The summed E-state index contributed by atoms with van der Waals surface area (Å²) in [7, 11) is 0. The van der Waals surface area contributed by atoms with Crippen molar-refractivity contribution in [3.05, 3.63) is 65.2 Å². The van der Waals surface area contributed by atoms with Gasteiger partial charge in [0.2, 0.25) is 0 Å². The summed E-state index contributed by atoms with van der Waals surface area (Å²) in [4.78, 5) is 16.9. The molecule has 1 aliphatic heterocycles. The molecule has 2 aromatic rings. The fourth-order valence-corrected chi connectivity index (χ4v) is 3.48. The highest BCUT2D eigenvalue weighted by molar-refractivity contribution is 5.94. The highest BCUT2D eigenvalue weighted by Gasteiger charge is 2.20. The van der Waals surface area contributed by atoms with Gasteiger partial charge in [-0.3, -0.25) is 9.69 Å². The molecule has 0 bridgehead atoms. The van der Waals surface area contributed by atoms with E-state index in [-0.39, 0.29) is 11.6 Å². The summed E-state index contributed by atoms with van der Waals surface area (Å²) in [5.74, 6) is -2.68. The van der Waals surface area contributed by atoms with Crippen molar-refractivity contribution in [2.75, 3.05) is 37.6 Å². The van der Waals surface area contributed by atoms with Crippen LogP contribution in [0.3, 0.4) is 0 Å². The molecule has 1 saturated heterocycles. The van der Waals surface area contributed by atoms with Crippen molar-refractivity contribution in [1.29, 1.82) is 0 Å². The summed E-state index contributed by atoms with van der Waals surface area (Å²) in [6.07, 6.45) is 0.757. The molecule has 0 aromatic heterocycles. The minimum atomic E-state index is -1.10. The van der Waals surface area contributed by atoms with Gasteiger partial charge >= 0.3 is 0 Å². The second-order valence-corrected chi connectivity index (χ2v) is 7.43. The number of nitrogens with zero attached hydrogens (tertiary/aromatic N) is 2. The molecule has 1 N–H and O–H groups in total. The Bertz CT molecular complexity index is 819. The molecule has 150 valence electrons. The molecule has 1 heterocycles. The number of benzene rings is 2. The van der Waals surface area contributed by atoms with E-state index in [4.69, 9.17) is 0 Å². The van der Waals surface area contributed by atoms with Crippen molar-refractivity contribution in [3.63, 3.8) is 0 Å². The van der Waals surface area contributed by atoms with E-state index in [1.54, 1.807) is 0 Å². The van der Waals surface area contributed by atoms with Gasteiger partial charge in [0.25, 0.3) is 5.91 Å². The van der Waals surface area contributed by atoms with Crippen LogP contribution in [0.1, 0.15) is 29.3 Å². The number of amides is 1. The van der Waals surface area contributed by atoms with Crippen LogP contribution in [0.5, 0.6) is 0 Å². The van der Waals surface area contributed by atoms with Gasteiger partial charge in [-0.15, -0.1) is 0 Å². The first-order chi connectivity index (χ1) is 13.4. The maximum Gasteiger partial charge on any atom is 0.254 e. The number of rotatable bonds is 6. The van der Waals surface area contributed by atoms with Gasteiger partial charge in [-0.1, -0.05) is 18.2 Å². The molecule has 1 unspecified atom stereocenters. The van der Waals surface area contributed by atoms with Gasteiger partial charge in [-0.05, 0) is 50.1 Å². The summed E-state index contributed by atoms with van der Waals surface area (Å²) < 4.78 is 27.0. The van der Waals surface area contributed by atoms with Crippen LogP contribution in [0.15, 0.2) is 42.5 Å². The van der Waals surface area contributed by atoms with Crippen molar-refractivity contribution >= 4 is 11.6 Å². The third-order valence-corrected chi connectivity index (χ3v) is 5.19. The zero-order valence-corrected chi connectivity index (χ0v) is 16.4. The summed E-state index contributed by atoms with van der Waals surface area (Å²) in [6, 6.07) is 12.1. The summed E-state index contributed by atoms with van der Waals surface area (Å²) >= 11 is 0. The molecule has 6 heteroatoms. The Morgan fingerprint density at radius 3 is 2.54 bits per heavy atom. The second kappa shape index (κ2) is 9.15. The Morgan fingerprint density at radius 1 is 1.11 bits per heavy atom. The molecule has 4 nitrogen and oxygen atoms in total. The number of carbonyl (C=O) groups excluding carboxylic acids is 1. The zero-order chi connectivity index (χ0) is 20.1. The highest BCUT2D eigenvalue weighted by atomic mass is 19.2. The van der Waals surface area contributed by atoms with E-state index in [1.807, 2.05) is 6.92 Å². The van der Waals surface area contributed by atoms with Crippen LogP contribution in [0, 0.1) is 18.6 Å². The topological polar surface area (TPSA) is 35.6 Å². The summed E-state index contributed by atoms with van der Waals surface area (Å²) in [5.41, 5.74) is 2.27. The van der Waals surface area contributed by atoms with Gasteiger partial charge in [0, 0.05) is 44.5 Å². The predicted octanol–water partition coefficient (Wildman–Crippen LogP) is 3.60. The number of halogens is 2. The Labute approximate surface area is 165 Å². The lowest BCUT2D eigenvalue weighted by molar-refractivity contribution is 0.0930. The van der Waals surface area contributed by atoms with Crippen molar-refractivity contribution in [2.24, 2.45) is 0 Å². The lowest BCUT2D eigenvalue weighted by atomic mass is 10.1. The lowest BCUT2D eigenvalue weighted by Gasteiger charge is -2.36. The molecule has 28 heavy (non-hydrogen) atoms. The third kappa shape index (κ3) is 5.07. The Hall–Kier alpha value is -2.47. The van der Waals surface area contributed by atoms with E-state index in [9.17, 15) is 13.6 Å². The van der Waals surface area contributed by atoms with Gasteiger partial charge in [0.15, 0.2) is 11.6 Å². The number of aryl methyl sites for hydroxylation is 1. The second-order valence-electron chi connectivity index (χ2n) is 7.43. The minimum absolute atomic E-state index is 0.120. The maximum absolute atomic E-state index is 13.7. The largest absolute Gasteiger partial charge is 0.369 e. The quantitative estimate of drug-likeness (QED) is 0.823. The molecular weight excluding hydrogens is 360 g/mol. The summed E-state index contributed by atoms with van der Waals surface area (Å²) in [5, 5.41) is 2.76. The van der Waals surface area contributed by atoms with E-state index in [0.717, 1.165) is 45.2 Å². The zero-order valence-electron chi connectivity index (χ0n) is 16.4. The predicted molar refractivity (Wildman–Crippen MR) is 108 cm³/mol. The first kappa shape index (κ1) is 20.3. The first-order valence-corrected chi connectivity index (χ1v) is 9.73. The molecular formula is C22H27F2N3O. The van der Waals surface area contributed by atoms with Crippen molar-refractivity contribution < 1.29 is 13.6 Å². The number of carbonyl (C=O) groups is 1. The molecule has 0 radical (unpaired) electrons. The van der Waals surface area contributed by atoms with E-state index in [2.05, 4.69) is 46.3 Å². The average molecular weight is 387 g/mol. The molecule has 3 rings (SSSR count). The lowest BCUT2D eigenvalue weighted by Crippen LogP contribution is -2.47. The molecule has 0 spiro atoms. The third-order valence-electron chi connectivity index (χ3n) is 5.19. The van der Waals surface area contributed by atoms with Crippen LogP contribution in [0.2, 0.25) is 0 Å². The van der Waals surface area contributed by atoms with Gasteiger partial charge in [-0.2, -0.15) is 0 Å². The minimum Gasteiger partial charge on any atom is -0.369 e. The van der Waals surface area contributed by atoms with E-state index in [1.165, 1.54) is 23.4 Å². The molecule has 2 aromatic carbocycles. The molecule has 1 fully saturated rings. The van der Waals surface area contributed by atoms with Crippen LogP contribution in [-0.2, 0) is 0 Å². The SMILES string of the molecule is Cc1cccc(N2CCN(CCC(C)NC(=O)c3cccc(F)c3F)CC2)c1. The molecule has 1 aliphatic rings. The number of hydrogen-bond acceptors (Lipinski definition) is 3. The van der Waals surface area contributed by atoms with Gasteiger partial charge in [0.05, 0.1) is 5.56 Å². The normalized spacial score (nSPS) is 16.1. The maximum atomic E-state index is 13.7. The Kier molecular flexibility index (Phi) is 6.62. The fraction of sp³-hybridized carbons (Fsp3) is 0.409. The Balaban J connectivity index is 1.43. The monoisotopic (exact) mass is 387 g/mol. The summed E-state index contributed by atoms with van der Waals surface area (Å²) in [6.45, 7) is 8.72. The average Bonchev–Trinajstić information content (AvgIpc) is 2.69. The van der Waals surface area contributed by atoms with Crippen LogP contribution in [0.25, 0.3) is 0 Å². The number of nitrogens with one attached hydrogen (secondary N) is 1. The van der Waals surface area contributed by atoms with Crippen LogP contribution < -0.4 is 10.2 Å². The van der Waals surface area contributed by atoms with Crippen molar-refractivity contribution in [2.45, 2.75) is 26.3 Å². The molecule has 0 aliphatic carbocycles. The number of hydrogen-bond donors (Lipinski definition) is 1. The highest BCUT2D eigenvalue weighted by Crippen LogP contribution is 2.18. The van der Waals surface area contributed by atoms with Crippen LogP contribution >= 0.6 is 0 Å². The smallest absolute Gasteiger partial charge is 0.254 e. The standard InChI is InChI=1S/C22H27F2N3O/c1-16-5-3-6-18(15-16)27-13-11-26(12-14-27)10-9-17(2)25-22(28)19-7-4-8-20(23)21(19)24/h3-8,15,17H,9-14H2,1-2H3,(H,25,28). The first-order valence-electron chi connectivity index (χ1n) is 9.73. The number of anilines is 1. The van der Waals surface area contributed by atoms with Crippen LogP contribution in [0.4, 0.5) is 14.5 Å². The van der Waals surface area contributed by atoms with Crippen LogP contribution in [-0.4, -0.2) is 49.6 Å². The van der Waals surface area contributed by atoms with Crippen molar-refractivity contribution in [1.82, 2.24) is 10.2 Å². The van der Waals surface area contributed by atoms with E-state index in [0.29, 0.717) is 0 Å². The molecule has 0 saturated carbocycles. The Morgan fingerprint density at radius 2 is 1.82 bits per heavy atom. The van der Waals surface area contributed by atoms with Gasteiger partial charge in [0.1, 0.15) is 0 Å². The molecule has 1 atom stereocenters. The van der Waals surface area contributed by atoms with E-state index >= 15 is 0 Å². The van der Waals surface area contributed by atoms with Crippen molar-refractivity contribution in [3.8, 4) is 0 Å². The van der Waals surface area contributed by atoms with Gasteiger partial charge < -0.3 is 10.2 Å². The molecule has 1 amide bonds. The van der Waals surface area contributed by atoms with E-state index < -0.39 is 17.5 Å². The van der Waals surface area contributed by atoms with Gasteiger partial charge in [-0.25, -0.2) is 8.78 Å². The fourth-order valence-electron chi connectivity index (χ4n) is 3.48.